The van der Waals surface area contributed by atoms with Crippen LogP contribution in [-0.4, -0.2) is 19.7 Å². The minimum Gasteiger partial charge on any atom is -0.262 e. The summed E-state index contributed by atoms with van der Waals surface area (Å²) < 4.78 is 22.8. The molecule has 72 valence electrons. The zero-order valence-electron chi connectivity index (χ0n) is 6.69. The predicted octanol–water partition coefficient (Wildman–Crippen LogP) is 1.21. The molecule has 0 aromatic carbocycles. The highest BCUT2D eigenvalue weighted by Gasteiger charge is 2.15. The van der Waals surface area contributed by atoms with E-state index < -0.39 is 10.0 Å². The molecule has 0 aliphatic carbocycles. The third-order valence-electron chi connectivity index (χ3n) is 1.33. The molecule has 0 amide bonds. The van der Waals surface area contributed by atoms with Crippen molar-refractivity contribution in [1.29, 1.82) is 0 Å². The number of halogens is 1. The topological polar surface area (TPSA) is 73.0 Å². The first kappa shape index (κ1) is 11.0. The number of primary sulfonamides is 1. The summed E-state index contributed by atoms with van der Waals surface area (Å²) in [5, 5.41) is 5.00. The van der Waals surface area contributed by atoms with E-state index in [1.165, 1.54) is 24.2 Å². The zero-order valence-corrected chi connectivity index (χ0v) is 9.91. The van der Waals surface area contributed by atoms with Crippen molar-refractivity contribution in [3.63, 3.8) is 0 Å². The van der Waals surface area contributed by atoms with E-state index in [1.807, 2.05) is 0 Å². The summed E-state index contributed by atoms with van der Waals surface area (Å²) in [6.45, 7) is 0. The maximum absolute atomic E-state index is 11.1. The van der Waals surface area contributed by atoms with Gasteiger partial charge in [-0.15, -0.1) is 11.8 Å². The third-order valence-corrected chi connectivity index (χ3v) is 4.09. The summed E-state index contributed by atoms with van der Waals surface area (Å²) >= 11 is 4.50. The first-order valence-corrected chi connectivity index (χ1v) is 6.73. The molecule has 7 heteroatoms. The van der Waals surface area contributed by atoms with Crippen LogP contribution in [0.15, 0.2) is 26.7 Å². The van der Waals surface area contributed by atoms with Crippen molar-refractivity contribution in [2.24, 2.45) is 5.14 Å². The summed E-state index contributed by atoms with van der Waals surface area (Å²) in [4.78, 5) is 4.37. The zero-order chi connectivity index (χ0) is 10.1. The Morgan fingerprint density at radius 3 is 2.54 bits per heavy atom. The van der Waals surface area contributed by atoms with Crippen molar-refractivity contribution in [2.45, 2.75) is 9.79 Å². The average Bonchev–Trinajstić information content (AvgIpc) is 2.02. The van der Waals surface area contributed by atoms with Gasteiger partial charge in [-0.2, -0.15) is 0 Å². The maximum atomic E-state index is 11.1. The Morgan fingerprint density at radius 1 is 1.54 bits per heavy atom. The fraction of sp³-hybridized carbons (Fsp3) is 0.167. The molecular weight excluding hydrogens is 276 g/mol. The number of pyridine rings is 1. The van der Waals surface area contributed by atoms with Gasteiger partial charge >= 0.3 is 0 Å². The molecule has 0 aliphatic heterocycles. The minimum absolute atomic E-state index is 0.0503. The molecule has 0 aliphatic rings. The predicted molar refractivity (Wildman–Crippen MR) is 55.1 cm³/mol. The molecule has 1 rings (SSSR count). The fourth-order valence-electron chi connectivity index (χ4n) is 0.806. The molecule has 0 unspecified atom stereocenters. The van der Waals surface area contributed by atoms with E-state index >= 15 is 0 Å². The normalized spacial score (nSPS) is 11.6. The van der Waals surface area contributed by atoms with Crippen molar-refractivity contribution in [3.05, 3.63) is 16.9 Å². The Morgan fingerprint density at radius 2 is 2.15 bits per heavy atom. The molecular formula is C6H7BrN2O2S2. The Labute approximate surface area is 89.1 Å². The van der Waals surface area contributed by atoms with Gasteiger partial charge in [0.2, 0.25) is 10.0 Å². The molecule has 0 atom stereocenters. The van der Waals surface area contributed by atoms with Crippen LogP contribution < -0.4 is 5.14 Å². The van der Waals surface area contributed by atoms with Gasteiger partial charge in [0.1, 0.15) is 4.90 Å². The van der Waals surface area contributed by atoms with Crippen LogP contribution in [0.5, 0.6) is 0 Å². The molecule has 0 fully saturated rings. The molecule has 0 radical (unpaired) electrons. The van der Waals surface area contributed by atoms with E-state index in [0.717, 1.165) is 0 Å². The highest BCUT2D eigenvalue weighted by Crippen LogP contribution is 2.30. The second-order valence-corrected chi connectivity index (χ2v) is 5.40. The smallest absolute Gasteiger partial charge is 0.240 e. The number of hydrogen-bond donors (Lipinski definition) is 1. The first-order chi connectivity index (χ1) is 5.96. The SMILES string of the molecule is CSc1c(Br)cncc1S(N)(=O)=O. The highest BCUT2D eigenvalue weighted by atomic mass is 79.9. The van der Waals surface area contributed by atoms with E-state index in [1.54, 1.807) is 6.26 Å². The molecule has 2 N–H and O–H groups in total. The number of aromatic nitrogens is 1. The molecule has 4 nitrogen and oxygen atoms in total. The van der Waals surface area contributed by atoms with E-state index in [4.69, 9.17) is 5.14 Å². The largest absolute Gasteiger partial charge is 0.262 e. The van der Waals surface area contributed by atoms with Gasteiger partial charge in [-0.25, -0.2) is 13.6 Å². The maximum Gasteiger partial charge on any atom is 0.240 e. The lowest BCUT2D eigenvalue weighted by molar-refractivity contribution is 0.595. The Balaban J connectivity index is 3.47. The lowest BCUT2D eigenvalue weighted by Crippen LogP contribution is -2.13. The van der Waals surface area contributed by atoms with Gasteiger partial charge in [-0.3, -0.25) is 4.98 Å². The summed E-state index contributed by atoms with van der Waals surface area (Å²) in [6.07, 6.45) is 4.54. The highest BCUT2D eigenvalue weighted by molar-refractivity contribution is 9.10. The number of nitrogens with zero attached hydrogens (tertiary/aromatic N) is 1. The number of nitrogens with two attached hydrogens (primary N) is 1. The van der Waals surface area contributed by atoms with Gasteiger partial charge < -0.3 is 0 Å². The van der Waals surface area contributed by atoms with Gasteiger partial charge in [0, 0.05) is 17.3 Å². The summed E-state index contributed by atoms with van der Waals surface area (Å²) in [5.41, 5.74) is 0. The molecule has 13 heavy (non-hydrogen) atoms. The Hall–Kier alpha value is -0.110. The van der Waals surface area contributed by atoms with Crippen molar-refractivity contribution in [3.8, 4) is 0 Å². The molecule has 0 bridgehead atoms. The van der Waals surface area contributed by atoms with Crippen LogP contribution in [0.4, 0.5) is 0 Å². The van der Waals surface area contributed by atoms with Crippen molar-refractivity contribution in [1.82, 2.24) is 4.98 Å². The second-order valence-electron chi connectivity index (χ2n) is 2.20. The van der Waals surface area contributed by atoms with Crippen LogP contribution in [-0.2, 0) is 10.0 Å². The molecule has 1 aromatic rings. The van der Waals surface area contributed by atoms with E-state index in [2.05, 4.69) is 20.9 Å². The van der Waals surface area contributed by atoms with Gasteiger partial charge in [0.15, 0.2) is 0 Å². The number of sulfonamides is 1. The summed E-state index contributed by atoms with van der Waals surface area (Å²) in [7, 11) is -3.68. The van der Waals surface area contributed by atoms with E-state index in [9.17, 15) is 8.42 Å². The van der Waals surface area contributed by atoms with Crippen molar-refractivity contribution in [2.75, 3.05) is 6.26 Å². The summed E-state index contributed by atoms with van der Waals surface area (Å²) in [6, 6.07) is 0. The number of thioether (sulfide) groups is 1. The van der Waals surface area contributed by atoms with Crippen LogP contribution in [0.2, 0.25) is 0 Å². The van der Waals surface area contributed by atoms with E-state index in [0.29, 0.717) is 9.37 Å². The lowest BCUT2D eigenvalue weighted by Gasteiger charge is -2.05. The number of rotatable bonds is 2. The quantitative estimate of drug-likeness (QED) is 0.828. The molecule has 1 heterocycles. The van der Waals surface area contributed by atoms with Gasteiger partial charge in [0.25, 0.3) is 0 Å². The molecule has 0 spiro atoms. The Kier molecular flexibility index (Phi) is 3.33. The van der Waals surface area contributed by atoms with Crippen LogP contribution >= 0.6 is 27.7 Å². The summed E-state index contributed by atoms with van der Waals surface area (Å²) in [5.74, 6) is 0. The minimum atomic E-state index is -3.68. The van der Waals surface area contributed by atoms with Crippen LogP contribution in [0.1, 0.15) is 0 Å². The molecule has 1 aromatic heterocycles. The fourth-order valence-corrected chi connectivity index (χ4v) is 3.43. The Bertz CT molecular complexity index is 419. The number of hydrogen-bond acceptors (Lipinski definition) is 4. The lowest BCUT2D eigenvalue weighted by atomic mass is 10.5. The monoisotopic (exact) mass is 282 g/mol. The van der Waals surface area contributed by atoms with Gasteiger partial charge in [0.05, 0.1) is 4.47 Å². The standard InChI is InChI=1S/C6H7BrN2O2S2/c1-12-6-4(7)2-9-3-5(6)13(8,10)11/h2-3H,1H3,(H2,8,10,11). The molecule has 0 saturated carbocycles. The van der Waals surface area contributed by atoms with Crippen LogP contribution in [0.25, 0.3) is 0 Å². The molecule has 0 saturated heterocycles. The van der Waals surface area contributed by atoms with Crippen LogP contribution in [0.3, 0.4) is 0 Å². The van der Waals surface area contributed by atoms with Gasteiger partial charge in [-0.05, 0) is 22.2 Å². The second kappa shape index (κ2) is 3.95. The first-order valence-electron chi connectivity index (χ1n) is 3.17. The van der Waals surface area contributed by atoms with Gasteiger partial charge in [-0.1, -0.05) is 0 Å². The van der Waals surface area contributed by atoms with Crippen LogP contribution in [0, 0.1) is 0 Å². The van der Waals surface area contributed by atoms with Crippen molar-refractivity contribution < 1.29 is 8.42 Å². The average molecular weight is 283 g/mol. The van der Waals surface area contributed by atoms with E-state index in [-0.39, 0.29) is 4.90 Å². The third kappa shape index (κ3) is 2.43. The van der Waals surface area contributed by atoms with Crippen molar-refractivity contribution >= 4 is 37.7 Å².